The Kier molecular flexibility index (Phi) is 5.40. The molecule has 0 aromatic heterocycles. The topological polar surface area (TPSA) is 44.4 Å². The summed E-state index contributed by atoms with van der Waals surface area (Å²) in [5.41, 5.74) is 0.0730. The summed E-state index contributed by atoms with van der Waals surface area (Å²) in [4.78, 5) is 14.2. The van der Waals surface area contributed by atoms with Gasteiger partial charge in [0.2, 0.25) is 5.91 Å². The molecule has 0 saturated carbocycles. The fraction of sp³-hybridized carbons (Fsp3) is 0.923. The predicted molar refractivity (Wildman–Crippen MR) is 71.0 cm³/mol. The highest BCUT2D eigenvalue weighted by molar-refractivity contribution is 5.78. The van der Waals surface area contributed by atoms with Gasteiger partial charge in [-0.1, -0.05) is 13.3 Å². The van der Waals surface area contributed by atoms with Crippen molar-refractivity contribution in [3.05, 3.63) is 0 Å². The summed E-state index contributed by atoms with van der Waals surface area (Å²) < 4.78 is 0. The van der Waals surface area contributed by atoms with E-state index < -0.39 is 0 Å². The van der Waals surface area contributed by atoms with E-state index in [1.54, 1.807) is 0 Å². The lowest BCUT2D eigenvalue weighted by molar-refractivity contribution is -0.124. The summed E-state index contributed by atoms with van der Waals surface area (Å²) >= 11 is 0. The van der Waals surface area contributed by atoms with E-state index in [1.807, 2.05) is 0 Å². The van der Waals surface area contributed by atoms with E-state index in [0.29, 0.717) is 12.6 Å². The Labute approximate surface area is 105 Å². The number of nitrogens with zero attached hydrogens (tertiary/aromatic N) is 1. The van der Waals surface area contributed by atoms with Crippen LogP contribution in [0.25, 0.3) is 0 Å². The van der Waals surface area contributed by atoms with Crippen molar-refractivity contribution in [3.8, 4) is 0 Å². The molecule has 100 valence electrons. The van der Waals surface area contributed by atoms with E-state index in [4.69, 9.17) is 0 Å². The van der Waals surface area contributed by atoms with Gasteiger partial charge in [-0.05, 0) is 27.2 Å². The summed E-state index contributed by atoms with van der Waals surface area (Å²) in [7, 11) is 0. The average molecular weight is 241 g/mol. The summed E-state index contributed by atoms with van der Waals surface area (Å²) in [6.45, 7) is 12.0. The van der Waals surface area contributed by atoms with Crippen LogP contribution in [0.4, 0.5) is 0 Å². The molecule has 1 saturated heterocycles. The average Bonchev–Trinajstić information content (AvgIpc) is 2.21. The molecule has 1 fully saturated rings. The van der Waals surface area contributed by atoms with Crippen LogP contribution >= 0.6 is 0 Å². The summed E-state index contributed by atoms with van der Waals surface area (Å²) in [5.74, 6) is 0.154. The van der Waals surface area contributed by atoms with Gasteiger partial charge in [-0.3, -0.25) is 9.69 Å². The quantitative estimate of drug-likeness (QED) is 0.754. The van der Waals surface area contributed by atoms with Gasteiger partial charge in [-0.15, -0.1) is 0 Å². The van der Waals surface area contributed by atoms with Crippen LogP contribution in [0.15, 0.2) is 0 Å². The predicted octanol–water partition coefficient (Wildman–Crippen LogP) is 0.975. The van der Waals surface area contributed by atoms with Crippen LogP contribution in [0.5, 0.6) is 0 Å². The van der Waals surface area contributed by atoms with Gasteiger partial charge in [-0.2, -0.15) is 0 Å². The molecule has 1 atom stereocenters. The number of carbonyl (C=O) groups excluding carboxylic acids is 1. The highest BCUT2D eigenvalue weighted by Crippen LogP contribution is 2.15. The smallest absolute Gasteiger partial charge is 0.234 e. The molecule has 17 heavy (non-hydrogen) atoms. The van der Waals surface area contributed by atoms with Crippen molar-refractivity contribution in [1.82, 2.24) is 15.5 Å². The van der Waals surface area contributed by atoms with Crippen LogP contribution in [-0.4, -0.2) is 48.6 Å². The molecule has 1 heterocycles. The Morgan fingerprint density at radius 3 is 2.82 bits per heavy atom. The maximum absolute atomic E-state index is 11.9. The monoisotopic (exact) mass is 241 g/mol. The molecule has 0 aromatic carbocycles. The molecule has 0 bridgehead atoms. The lowest BCUT2D eigenvalue weighted by Gasteiger charge is -2.42. The molecule has 1 unspecified atom stereocenters. The van der Waals surface area contributed by atoms with E-state index in [2.05, 4.69) is 43.2 Å². The van der Waals surface area contributed by atoms with Gasteiger partial charge in [0, 0.05) is 31.2 Å². The SMILES string of the molecule is CCCC(C)NC(=O)CN1CCNCC1(C)C. The number of hydrogen-bond acceptors (Lipinski definition) is 3. The van der Waals surface area contributed by atoms with Gasteiger partial charge in [0.1, 0.15) is 0 Å². The van der Waals surface area contributed by atoms with E-state index in [9.17, 15) is 4.79 Å². The first kappa shape index (κ1) is 14.5. The second kappa shape index (κ2) is 6.36. The number of amides is 1. The van der Waals surface area contributed by atoms with E-state index in [-0.39, 0.29) is 11.4 Å². The summed E-state index contributed by atoms with van der Waals surface area (Å²) in [6.07, 6.45) is 2.16. The van der Waals surface area contributed by atoms with Crippen molar-refractivity contribution < 1.29 is 4.79 Å². The second-order valence-corrected chi connectivity index (χ2v) is 5.67. The van der Waals surface area contributed by atoms with E-state index in [1.165, 1.54) is 0 Å². The Morgan fingerprint density at radius 1 is 1.53 bits per heavy atom. The van der Waals surface area contributed by atoms with Crippen molar-refractivity contribution in [2.24, 2.45) is 0 Å². The first-order chi connectivity index (χ1) is 7.95. The van der Waals surface area contributed by atoms with Gasteiger partial charge in [0.15, 0.2) is 0 Å². The van der Waals surface area contributed by atoms with Crippen molar-refractivity contribution in [3.63, 3.8) is 0 Å². The Balaban J connectivity index is 2.39. The van der Waals surface area contributed by atoms with Gasteiger partial charge in [0.05, 0.1) is 6.54 Å². The molecule has 4 nitrogen and oxygen atoms in total. The lowest BCUT2D eigenvalue weighted by Crippen LogP contribution is -2.60. The first-order valence-electron chi connectivity index (χ1n) is 6.71. The number of carbonyl (C=O) groups is 1. The molecule has 1 rings (SSSR count). The Morgan fingerprint density at radius 2 is 2.24 bits per heavy atom. The third-order valence-corrected chi connectivity index (χ3v) is 3.44. The Hall–Kier alpha value is -0.610. The molecular weight excluding hydrogens is 214 g/mol. The zero-order chi connectivity index (χ0) is 12.9. The van der Waals surface area contributed by atoms with E-state index >= 15 is 0 Å². The number of rotatable bonds is 5. The maximum atomic E-state index is 11.9. The summed E-state index contributed by atoms with van der Waals surface area (Å²) in [6, 6.07) is 0.290. The molecule has 0 radical (unpaired) electrons. The van der Waals surface area contributed by atoms with Crippen LogP contribution in [0.1, 0.15) is 40.5 Å². The third kappa shape index (κ3) is 4.64. The van der Waals surface area contributed by atoms with Crippen LogP contribution in [0.2, 0.25) is 0 Å². The second-order valence-electron chi connectivity index (χ2n) is 5.67. The minimum atomic E-state index is 0.0730. The molecule has 4 heteroatoms. The van der Waals surface area contributed by atoms with Crippen LogP contribution in [0.3, 0.4) is 0 Å². The summed E-state index contributed by atoms with van der Waals surface area (Å²) in [5, 5.41) is 6.43. The minimum Gasteiger partial charge on any atom is -0.353 e. The van der Waals surface area contributed by atoms with Gasteiger partial charge < -0.3 is 10.6 Å². The molecule has 0 spiro atoms. The molecule has 1 aliphatic heterocycles. The van der Waals surface area contributed by atoms with E-state index in [0.717, 1.165) is 32.5 Å². The Bertz CT molecular complexity index is 253. The van der Waals surface area contributed by atoms with Crippen LogP contribution in [0, 0.1) is 0 Å². The van der Waals surface area contributed by atoms with Crippen molar-refractivity contribution in [1.29, 1.82) is 0 Å². The standard InChI is InChI=1S/C13H27N3O/c1-5-6-11(2)15-12(17)9-16-8-7-14-10-13(16,3)4/h11,14H,5-10H2,1-4H3,(H,15,17). The highest BCUT2D eigenvalue weighted by Gasteiger charge is 2.30. The third-order valence-electron chi connectivity index (χ3n) is 3.44. The number of piperazine rings is 1. The molecule has 0 aromatic rings. The van der Waals surface area contributed by atoms with Crippen LogP contribution < -0.4 is 10.6 Å². The zero-order valence-corrected chi connectivity index (χ0v) is 11.7. The highest BCUT2D eigenvalue weighted by atomic mass is 16.2. The zero-order valence-electron chi connectivity index (χ0n) is 11.7. The minimum absolute atomic E-state index is 0.0730. The van der Waals surface area contributed by atoms with Gasteiger partial charge in [-0.25, -0.2) is 0 Å². The van der Waals surface area contributed by atoms with Crippen molar-refractivity contribution in [2.45, 2.75) is 52.1 Å². The van der Waals surface area contributed by atoms with Gasteiger partial charge >= 0.3 is 0 Å². The largest absolute Gasteiger partial charge is 0.353 e. The first-order valence-corrected chi connectivity index (χ1v) is 6.71. The molecule has 1 aliphatic rings. The fourth-order valence-electron chi connectivity index (χ4n) is 2.31. The maximum Gasteiger partial charge on any atom is 0.234 e. The van der Waals surface area contributed by atoms with Gasteiger partial charge in [0.25, 0.3) is 0 Å². The number of nitrogens with one attached hydrogen (secondary N) is 2. The lowest BCUT2D eigenvalue weighted by atomic mass is 10.0. The van der Waals surface area contributed by atoms with Crippen molar-refractivity contribution >= 4 is 5.91 Å². The molecular formula is C13H27N3O. The molecule has 2 N–H and O–H groups in total. The normalized spacial score (nSPS) is 22.1. The fourth-order valence-corrected chi connectivity index (χ4v) is 2.31. The molecule has 0 aliphatic carbocycles. The van der Waals surface area contributed by atoms with Crippen molar-refractivity contribution in [2.75, 3.05) is 26.2 Å². The van der Waals surface area contributed by atoms with Crippen LogP contribution in [-0.2, 0) is 4.79 Å². The number of hydrogen-bond donors (Lipinski definition) is 2. The molecule has 1 amide bonds.